The van der Waals surface area contributed by atoms with Gasteiger partial charge in [0, 0.05) is 24.5 Å². The SMILES string of the molecule is CNCc1cc(S(=O)(=O)c2cncc(C)c2)n(-c2ccccc2Cl)c1F. The van der Waals surface area contributed by atoms with E-state index in [1.54, 1.807) is 44.4 Å². The van der Waals surface area contributed by atoms with Gasteiger partial charge in [-0.25, -0.2) is 8.42 Å². The van der Waals surface area contributed by atoms with Gasteiger partial charge >= 0.3 is 0 Å². The minimum absolute atomic E-state index is 0.000638. The molecular formula is C18H17ClFN3O2S. The van der Waals surface area contributed by atoms with E-state index in [1.165, 1.54) is 18.3 Å². The summed E-state index contributed by atoms with van der Waals surface area (Å²) in [5.41, 5.74) is 1.18. The van der Waals surface area contributed by atoms with Crippen LogP contribution in [0.1, 0.15) is 11.1 Å². The number of nitrogens with one attached hydrogen (secondary N) is 1. The fraction of sp³-hybridized carbons (Fsp3) is 0.167. The maximum Gasteiger partial charge on any atom is 0.223 e. The number of para-hydroxylation sites is 1. The molecule has 1 aromatic carbocycles. The van der Waals surface area contributed by atoms with Crippen molar-refractivity contribution in [3.8, 4) is 5.69 Å². The number of pyridine rings is 1. The lowest BCUT2D eigenvalue weighted by molar-refractivity contribution is 0.523. The molecule has 0 aliphatic heterocycles. The molecule has 3 aromatic rings. The van der Waals surface area contributed by atoms with Gasteiger partial charge in [-0.1, -0.05) is 23.7 Å². The predicted octanol–water partition coefficient (Wildman–Crippen LogP) is 3.53. The Balaban J connectivity index is 2.31. The number of rotatable bonds is 5. The third-order valence-corrected chi connectivity index (χ3v) is 5.89. The van der Waals surface area contributed by atoms with E-state index in [2.05, 4.69) is 10.3 Å². The van der Waals surface area contributed by atoms with Gasteiger partial charge in [0.2, 0.25) is 15.8 Å². The predicted molar refractivity (Wildman–Crippen MR) is 97.9 cm³/mol. The number of benzene rings is 1. The Kier molecular flexibility index (Phi) is 5.13. The summed E-state index contributed by atoms with van der Waals surface area (Å²) >= 11 is 6.20. The Morgan fingerprint density at radius 1 is 1.23 bits per heavy atom. The number of hydrogen-bond acceptors (Lipinski definition) is 4. The largest absolute Gasteiger partial charge is 0.316 e. The van der Waals surface area contributed by atoms with Crippen LogP contribution in [0.25, 0.3) is 5.69 Å². The lowest BCUT2D eigenvalue weighted by atomic mass is 10.3. The molecule has 0 bridgehead atoms. The van der Waals surface area contributed by atoms with E-state index in [0.29, 0.717) is 5.56 Å². The van der Waals surface area contributed by atoms with Gasteiger partial charge in [0.05, 0.1) is 15.6 Å². The van der Waals surface area contributed by atoms with Gasteiger partial charge in [0.15, 0.2) is 0 Å². The molecular weight excluding hydrogens is 377 g/mol. The second-order valence-electron chi connectivity index (χ2n) is 5.82. The lowest BCUT2D eigenvalue weighted by Crippen LogP contribution is -2.11. The summed E-state index contributed by atoms with van der Waals surface area (Å²) < 4.78 is 42.4. The Morgan fingerprint density at radius 3 is 2.62 bits per heavy atom. The summed E-state index contributed by atoms with van der Waals surface area (Å²) in [4.78, 5) is 3.94. The number of halogens is 2. The number of nitrogens with zero attached hydrogens (tertiary/aromatic N) is 2. The molecule has 0 fully saturated rings. The lowest BCUT2D eigenvalue weighted by Gasteiger charge is -2.12. The second kappa shape index (κ2) is 7.19. The van der Waals surface area contributed by atoms with Crippen LogP contribution in [0.4, 0.5) is 4.39 Å². The molecule has 5 nitrogen and oxygen atoms in total. The van der Waals surface area contributed by atoms with Gasteiger partial charge in [-0.2, -0.15) is 4.39 Å². The monoisotopic (exact) mass is 393 g/mol. The van der Waals surface area contributed by atoms with Crippen molar-refractivity contribution in [1.29, 1.82) is 0 Å². The van der Waals surface area contributed by atoms with Gasteiger partial charge in [0.25, 0.3) is 0 Å². The van der Waals surface area contributed by atoms with Crippen LogP contribution in [0, 0.1) is 12.9 Å². The molecule has 0 aliphatic rings. The van der Waals surface area contributed by atoms with Crippen LogP contribution in [-0.2, 0) is 16.4 Å². The fourth-order valence-corrected chi connectivity index (χ4v) is 4.40. The molecule has 0 atom stereocenters. The maximum absolute atomic E-state index is 15.1. The zero-order valence-electron chi connectivity index (χ0n) is 14.2. The summed E-state index contributed by atoms with van der Waals surface area (Å²) in [6.07, 6.45) is 2.81. The van der Waals surface area contributed by atoms with Gasteiger partial charge < -0.3 is 5.32 Å². The van der Waals surface area contributed by atoms with Gasteiger partial charge in [0.1, 0.15) is 5.03 Å². The highest BCUT2D eigenvalue weighted by molar-refractivity contribution is 7.91. The third-order valence-electron chi connectivity index (χ3n) is 3.88. The van der Waals surface area contributed by atoms with Crippen LogP contribution in [0.3, 0.4) is 0 Å². The molecule has 3 rings (SSSR count). The molecule has 0 spiro atoms. The molecule has 136 valence electrons. The van der Waals surface area contributed by atoms with E-state index in [9.17, 15) is 8.42 Å². The summed E-state index contributed by atoms with van der Waals surface area (Å²) in [6.45, 7) is 1.92. The van der Waals surface area contributed by atoms with Crippen molar-refractivity contribution in [2.75, 3.05) is 7.05 Å². The molecule has 0 saturated carbocycles. The first kappa shape index (κ1) is 18.6. The van der Waals surface area contributed by atoms with Crippen molar-refractivity contribution in [3.05, 3.63) is 70.9 Å². The first-order valence-electron chi connectivity index (χ1n) is 7.82. The van der Waals surface area contributed by atoms with E-state index in [4.69, 9.17) is 11.6 Å². The van der Waals surface area contributed by atoms with Gasteiger partial charge in [-0.15, -0.1) is 0 Å². The summed E-state index contributed by atoms with van der Waals surface area (Å²) in [5.74, 6) is -0.674. The molecule has 2 heterocycles. The highest BCUT2D eigenvalue weighted by atomic mass is 35.5. The Hall–Kier alpha value is -2.22. The number of aryl methyl sites for hydroxylation is 1. The average molecular weight is 394 g/mol. The van der Waals surface area contributed by atoms with E-state index in [0.717, 1.165) is 4.57 Å². The van der Waals surface area contributed by atoms with Crippen molar-refractivity contribution in [1.82, 2.24) is 14.9 Å². The smallest absolute Gasteiger partial charge is 0.223 e. The van der Waals surface area contributed by atoms with Crippen LogP contribution in [0.15, 0.2) is 58.7 Å². The van der Waals surface area contributed by atoms with Crippen molar-refractivity contribution in [2.45, 2.75) is 23.4 Å². The van der Waals surface area contributed by atoms with Gasteiger partial charge in [-0.3, -0.25) is 9.55 Å². The van der Waals surface area contributed by atoms with Crippen LogP contribution < -0.4 is 5.32 Å². The highest BCUT2D eigenvalue weighted by Gasteiger charge is 2.28. The molecule has 8 heteroatoms. The van der Waals surface area contributed by atoms with E-state index in [-0.39, 0.29) is 32.7 Å². The number of sulfone groups is 1. The fourth-order valence-electron chi connectivity index (χ4n) is 2.68. The van der Waals surface area contributed by atoms with Crippen LogP contribution >= 0.6 is 11.6 Å². The molecule has 0 unspecified atom stereocenters. The zero-order chi connectivity index (χ0) is 18.9. The molecule has 0 radical (unpaired) electrons. The first-order valence-corrected chi connectivity index (χ1v) is 9.68. The van der Waals surface area contributed by atoms with Crippen LogP contribution in [0.5, 0.6) is 0 Å². The standard InChI is InChI=1S/C18H17ClFN3O2S/c1-12-7-14(11-22-9-12)26(24,25)17-8-13(10-21-2)18(20)23(17)16-6-4-3-5-15(16)19/h3-9,11,21H,10H2,1-2H3. The summed E-state index contributed by atoms with van der Waals surface area (Å²) in [6, 6.07) is 9.35. The second-order valence-corrected chi connectivity index (χ2v) is 8.12. The topological polar surface area (TPSA) is 64.0 Å². The molecule has 0 saturated heterocycles. The number of aromatic nitrogens is 2. The van der Waals surface area contributed by atoms with E-state index >= 15 is 4.39 Å². The van der Waals surface area contributed by atoms with Crippen molar-refractivity contribution < 1.29 is 12.8 Å². The number of hydrogen-bond donors (Lipinski definition) is 1. The van der Waals surface area contributed by atoms with Crippen LogP contribution in [-0.4, -0.2) is 25.0 Å². The zero-order valence-corrected chi connectivity index (χ0v) is 15.8. The molecule has 2 aromatic heterocycles. The molecule has 26 heavy (non-hydrogen) atoms. The molecule has 0 aliphatic carbocycles. The average Bonchev–Trinajstić information content (AvgIpc) is 2.93. The highest BCUT2D eigenvalue weighted by Crippen LogP contribution is 2.31. The molecule has 1 N–H and O–H groups in total. The Labute approximate surface area is 156 Å². The van der Waals surface area contributed by atoms with Crippen molar-refractivity contribution in [2.24, 2.45) is 0 Å². The maximum atomic E-state index is 15.1. The normalized spacial score (nSPS) is 11.7. The van der Waals surface area contributed by atoms with E-state index < -0.39 is 15.8 Å². The quantitative estimate of drug-likeness (QED) is 0.720. The van der Waals surface area contributed by atoms with Crippen molar-refractivity contribution in [3.63, 3.8) is 0 Å². The summed E-state index contributed by atoms with van der Waals surface area (Å²) in [7, 11) is -2.35. The minimum Gasteiger partial charge on any atom is -0.316 e. The molecule has 0 amide bonds. The third kappa shape index (κ3) is 3.25. The minimum atomic E-state index is -4.00. The van der Waals surface area contributed by atoms with Crippen LogP contribution in [0.2, 0.25) is 5.02 Å². The summed E-state index contributed by atoms with van der Waals surface area (Å²) in [5, 5.41) is 2.89. The van der Waals surface area contributed by atoms with Gasteiger partial charge in [-0.05, 0) is 43.8 Å². The van der Waals surface area contributed by atoms with Crippen molar-refractivity contribution >= 4 is 21.4 Å². The Morgan fingerprint density at radius 2 is 1.96 bits per heavy atom. The first-order chi connectivity index (χ1) is 12.4. The Bertz CT molecular complexity index is 1060. The van der Waals surface area contributed by atoms with E-state index in [1.807, 2.05) is 0 Å².